The second-order valence-electron chi connectivity index (χ2n) is 19.6. The van der Waals surface area contributed by atoms with Gasteiger partial charge in [-0.15, -0.1) is 0 Å². The summed E-state index contributed by atoms with van der Waals surface area (Å²) in [6, 6.07) is 6.66. The summed E-state index contributed by atoms with van der Waals surface area (Å²) in [6.07, 6.45) is 16.5. The second-order valence-corrected chi connectivity index (χ2v) is 19.6. The average molecular weight is 901 g/mol. The molecule has 11 rings (SSSR count). The standard InChI is InChI=1S/C50H60N8O8/c1-63-49(61)55-43(28-8-3-4-9-28)47(59)57-16-6-12-37(57)45-51-23-35(53-45)31-19-33-25-66-40-22-32(20-34-26-65-39(21-31)41(33)42(34)40)36-24-52-46(54-36)38-13-7-17-58(38)48(60)44(56-50(62)64-2)30-15-14-29(18-30)27-10-5-11-27/h19-24,27-30,37-38,43-44H,3-18,25-26H2,1-2H3,(H,51,53)(H,52,54)(H,55,61)(H,56,62)/t29?,30?,37-,38-,43-,44-/m0/s1. The van der Waals surface area contributed by atoms with Gasteiger partial charge in [0.05, 0.1) is 50.1 Å². The Morgan fingerprint density at radius 1 is 0.621 bits per heavy atom. The van der Waals surface area contributed by atoms with Crippen molar-refractivity contribution in [1.82, 2.24) is 40.4 Å². The fourth-order valence-electron chi connectivity index (χ4n) is 12.4. The van der Waals surface area contributed by atoms with Gasteiger partial charge in [0.25, 0.3) is 0 Å². The number of carbonyl (C=O) groups is 4. The van der Waals surface area contributed by atoms with Crippen LogP contribution in [0.2, 0.25) is 0 Å². The SMILES string of the molecule is COC(=O)N[C@H](C(=O)N1CCC[C@H]1c1ncc(-c2cc3c4c(c2)OCc2cc(-c5cnc([C@@H]6CCCN6C(=O)[C@@H](NC(=O)OC)C6CCC(C7CCC7)C6)[nH]5)cc(c2-4)OC3)[nH]1)C1CCCC1. The molecule has 348 valence electrons. The number of nitrogens with zero attached hydrogens (tertiary/aromatic N) is 4. The van der Waals surface area contributed by atoms with E-state index in [1.54, 1.807) is 0 Å². The van der Waals surface area contributed by atoms with Gasteiger partial charge in [0.1, 0.15) is 48.4 Å². The molecule has 6 heterocycles. The van der Waals surface area contributed by atoms with Crippen LogP contribution in [0.1, 0.15) is 125 Å². The van der Waals surface area contributed by atoms with Crippen LogP contribution in [0, 0.1) is 23.7 Å². The summed E-state index contributed by atoms with van der Waals surface area (Å²) in [5.74, 6) is 4.43. The Morgan fingerprint density at radius 2 is 1.14 bits per heavy atom. The summed E-state index contributed by atoms with van der Waals surface area (Å²) < 4.78 is 22.9. The summed E-state index contributed by atoms with van der Waals surface area (Å²) in [5, 5.41) is 5.80. The first-order chi connectivity index (χ1) is 32.2. The third kappa shape index (κ3) is 7.72. The fourth-order valence-corrected chi connectivity index (χ4v) is 12.4. The summed E-state index contributed by atoms with van der Waals surface area (Å²) in [7, 11) is 2.68. The number of ether oxygens (including phenoxy) is 4. The van der Waals surface area contributed by atoms with Crippen molar-refractivity contribution in [3.63, 3.8) is 0 Å². The van der Waals surface area contributed by atoms with Crippen LogP contribution in [-0.2, 0) is 32.3 Å². The number of amides is 4. The minimum atomic E-state index is -0.623. The molecule has 2 saturated heterocycles. The molecular formula is C50H60N8O8. The van der Waals surface area contributed by atoms with Crippen LogP contribution in [0.3, 0.4) is 0 Å². The first-order valence-electron chi connectivity index (χ1n) is 24.2. The minimum absolute atomic E-state index is 0.0549. The quantitative estimate of drug-likeness (QED) is 0.114. The molecule has 0 radical (unpaired) electrons. The zero-order chi connectivity index (χ0) is 45.1. The molecule has 3 saturated carbocycles. The zero-order valence-electron chi connectivity index (χ0n) is 37.9. The number of alkyl carbamates (subject to hydrolysis) is 2. The molecule has 2 unspecified atom stereocenters. The van der Waals surface area contributed by atoms with Crippen molar-refractivity contribution in [2.75, 3.05) is 27.3 Å². The highest BCUT2D eigenvalue weighted by atomic mass is 16.5. The maximum absolute atomic E-state index is 14.4. The molecule has 16 heteroatoms. The molecule has 4 aromatic rings. The number of hydrogen-bond donors (Lipinski definition) is 4. The first-order valence-corrected chi connectivity index (χ1v) is 24.2. The van der Waals surface area contributed by atoms with Gasteiger partial charge >= 0.3 is 12.2 Å². The van der Waals surface area contributed by atoms with Crippen molar-refractivity contribution >= 4 is 24.0 Å². The normalized spacial score (nSPS) is 24.2. The van der Waals surface area contributed by atoms with Gasteiger partial charge in [0.15, 0.2) is 0 Å². The van der Waals surface area contributed by atoms with E-state index in [9.17, 15) is 19.2 Å². The van der Waals surface area contributed by atoms with Crippen LogP contribution in [0.4, 0.5) is 9.59 Å². The van der Waals surface area contributed by atoms with Crippen LogP contribution in [0.25, 0.3) is 33.6 Å². The molecule has 16 nitrogen and oxygen atoms in total. The maximum atomic E-state index is 14.4. The smallest absolute Gasteiger partial charge is 0.407 e. The molecule has 4 N–H and O–H groups in total. The zero-order valence-corrected chi connectivity index (χ0v) is 37.9. The predicted octanol–water partition coefficient (Wildman–Crippen LogP) is 8.10. The molecule has 4 amide bonds. The monoisotopic (exact) mass is 900 g/mol. The summed E-state index contributed by atoms with van der Waals surface area (Å²) in [6.45, 7) is 1.92. The largest absolute Gasteiger partial charge is 0.488 e. The third-order valence-corrected chi connectivity index (χ3v) is 16.0. The lowest BCUT2D eigenvalue weighted by Crippen LogP contribution is -2.51. The Balaban J connectivity index is 0.804. The lowest BCUT2D eigenvalue weighted by molar-refractivity contribution is -0.136. The Morgan fingerprint density at radius 3 is 1.62 bits per heavy atom. The first kappa shape index (κ1) is 42.6. The van der Waals surface area contributed by atoms with Gasteiger partial charge in [0.2, 0.25) is 11.8 Å². The molecule has 2 aromatic carbocycles. The second kappa shape index (κ2) is 17.6. The summed E-state index contributed by atoms with van der Waals surface area (Å²) >= 11 is 0. The van der Waals surface area contributed by atoms with E-state index in [4.69, 9.17) is 28.9 Å². The van der Waals surface area contributed by atoms with E-state index in [1.165, 1.54) is 33.5 Å². The van der Waals surface area contributed by atoms with Crippen molar-refractivity contribution in [1.29, 1.82) is 0 Å². The molecule has 0 spiro atoms. The van der Waals surface area contributed by atoms with Gasteiger partial charge in [-0.1, -0.05) is 32.1 Å². The van der Waals surface area contributed by atoms with Gasteiger partial charge in [-0.25, -0.2) is 19.6 Å². The molecule has 3 aliphatic carbocycles. The number of rotatable bonds is 11. The van der Waals surface area contributed by atoms with Crippen LogP contribution >= 0.6 is 0 Å². The van der Waals surface area contributed by atoms with Crippen molar-refractivity contribution in [2.24, 2.45) is 23.7 Å². The topological polar surface area (TPSA) is 193 Å². The van der Waals surface area contributed by atoms with Gasteiger partial charge in [0, 0.05) is 46.5 Å². The van der Waals surface area contributed by atoms with Crippen molar-refractivity contribution in [3.8, 4) is 45.1 Å². The number of imidazole rings is 2. The molecule has 0 bridgehead atoms. The number of benzene rings is 2. The highest BCUT2D eigenvalue weighted by Gasteiger charge is 2.45. The Kier molecular flexibility index (Phi) is 11.4. The van der Waals surface area contributed by atoms with E-state index in [0.717, 1.165) is 144 Å². The lowest BCUT2D eigenvalue weighted by atomic mass is 9.74. The summed E-state index contributed by atoms with van der Waals surface area (Å²) in [4.78, 5) is 73.9. The van der Waals surface area contributed by atoms with Gasteiger partial charge in [-0.05, 0) is 106 Å². The molecule has 7 aliphatic rings. The maximum Gasteiger partial charge on any atom is 0.407 e. The number of nitrogens with one attached hydrogen (secondary N) is 4. The Bertz CT molecular complexity index is 2480. The van der Waals surface area contributed by atoms with E-state index in [0.29, 0.717) is 32.2 Å². The number of aromatic nitrogens is 4. The van der Waals surface area contributed by atoms with E-state index in [2.05, 4.69) is 44.9 Å². The van der Waals surface area contributed by atoms with Crippen molar-refractivity contribution < 1.29 is 38.1 Å². The van der Waals surface area contributed by atoms with E-state index < -0.39 is 24.3 Å². The van der Waals surface area contributed by atoms with Crippen LogP contribution in [0.5, 0.6) is 11.5 Å². The number of carbonyl (C=O) groups excluding carboxylic acids is 4. The van der Waals surface area contributed by atoms with E-state index in [-0.39, 0.29) is 35.7 Å². The molecular weight excluding hydrogens is 841 g/mol. The number of hydrogen-bond acceptors (Lipinski definition) is 10. The molecule has 2 aromatic heterocycles. The number of aromatic amines is 2. The van der Waals surface area contributed by atoms with Crippen molar-refractivity contribution in [2.45, 2.75) is 127 Å². The number of likely N-dealkylation sites (tertiary alicyclic amines) is 2. The van der Waals surface area contributed by atoms with Gasteiger partial charge < -0.3 is 49.3 Å². The van der Waals surface area contributed by atoms with Crippen LogP contribution < -0.4 is 20.1 Å². The third-order valence-electron chi connectivity index (χ3n) is 16.0. The number of methoxy groups -OCH3 is 2. The Hall–Kier alpha value is -6.06. The lowest BCUT2D eigenvalue weighted by Gasteiger charge is -2.33. The average Bonchev–Trinajstić information content (AvgIpc) is 4.18. The number of H-pyrrole nitrogens is 2. The molecule has 5 fully saturated rings. The minimum Gasteiger partial charge on any atom is -0.488 e. The molecule has 66 heavy (non-hydrogen) atoms. The highest BCUT2D eigenvalue weighted by molar-refractivity contribution is 5.89. The molecule has 4 aliphatic heterocycles. The predicted molar refractivity (Wildman–Crippen MR) is 242 cm³/mol. The highest BCUT2D eigenvalue weighted by Crippen LogP contribution is 2.51. The van der Waals surface area contributed by atoms with Crippen molar-refractivity contribution in [3.05, 3.63) is 59.4 Å². The molecule has 6 atom stereocenters. The fraction of sp³-hybridized carbons (Fsp3) is 0.560. The van der Waals surface area contributed by atoms with E-state index in [1.807, 2.05) is 22.2 Å². The van der Waals surface area contributed by atoms with Crippen LogP contribution in [0.15, 0.2) is 36.7 Å². The summed E-state index contributed by atoms with van der Waals surface area (Å²) in [5.41, 5.74) is 7.56. The Labute approximate surface area is 384 Å². The van der Waals surface area contributed by atoms with E-state index >= 15 is 0 Å². The van der Waals surface area contributed by atoms with Crippen LogP contribution in [-0.4, -0.2) is 93.1 Å². The van der Waals surface area contributed by atoms with Gasteiger partial charge in [-0.2, -0.15) is 0 Å². The van der Waals surface area contributed by atoms with Gasteiger partial charge in [-0.3, -0.25) is 9.59 Å².